The van der Waals surface area contributed by atoms with E-state index in [0.717, 1.165) is 85.5 Å². The number of carboxylic acids is 1. The van der Waals surface area contributed by atoms with Gasteiger partial charge in [0, 0.05) is 116 Å². The van der Waals surface area contributed by atoms with Gasteiger partial charge in [-0.25, -0.2) is 29.5 Å². The van der Waals surface area contributed by atoms with Gasteiger partial charge in [-0.15, -0.1) is 102 Å². The second-order valence-electron chi connectivity index (χ2n) is 26.8. The van der Waals surface area contributed by atoms with E-state index in [2.05, 4.69) is 70.3 Å². The molecule has 0 unspecified atom stereocenters. The zero-order valence-electron chi connectivity index (χ0n) is 65.7. The van der Waals surface area contributed by atoms with Crippen LogP contribution in [0, 0.1) is 44.2 Å². The van der Waals surface area contributed by atoms with Crippen molar-refractivity contribution >= 4 is 246 Å². The van der Waals surface area contributed by atoms with Crippen LogP contribution in [0.15, 0.2) is 101 Å². The molecule has 24 nitrogen and oxygen atoms in total. The molecule has 0 aliphatic rings. The molecule has 0 fully saturated rings. The smallest absolute Gasteiger partial charge is 0.336 e. The number of hydrogen-bond donors (Lipinski definition) is 3. The predicted octanol–water partition coefficient (Wildman–Crippen LogP) is 21.2. The van der Waals surface area contributed by atoms with Gasteiger partial charge in [-0.05, 0) is 138 Å². The Kier molecular flexibility index (Phi) is 30.2. The third kappa shape index (κ3) is 21.7. The molecule has 115 heavy (non-hydrogen) atoms. The Bertz CT molecular complexity index is 6110. The van der Waals surface area contributed by atoms with Crippen LogP contribution in [-0.4, -0.2) is 148 Å². The Hall–Kier alpha value is -11.5. The van der Waals surface area contributed by atoms with Gasteiger partial charge in [-0.3, -0.25) is 19.2 Å². The predicted molar refractivity (Wildman–Crippen MR) is 477 cm³/mol. The van der Waals surface area contributed by atoms with Crippen LogP contribution in [0.4, 0.5) is 21.4 Å². The third-order valence-electron chi connectivity index (χ3n) is 15.7. The van der Waals surface area contributed by atoms with Crippen LogP contribution in [0.25, 0.3) is 122 Å². The number of aliphatic hydroxyl groups is 1. The quantitative estimate of drug-likeness (QED) is 0.0224. The van der Waals surface area contributed by atoms with Gasteiger partial charge in [-0.2, -0.15) is 0 Å². The van der Waals surface area contributed by atoms with Crippen LogP contribution in [0.3, 0.4) is 0 Å². The maximum Gasteiger partial charge on any atom is 0.336 e. The minimum Gasteiger partial charge on any atom is -0.508 e. The van der Waals surface area contributed by atoms with E-state index in [0.29, 0.717) is 27.8 Å². The van der Waals surface area contributed by atoms with Gasteiger partial charge >= 0.3 is 23.9 Å². The largest absolute Gasteiger partial charge is 0.508 e. The summed E-state index contributed by atoms with van der Waals surface area (Å²) >= 11 is 13.9. The number of thiophene rings is 9. The fourth-order valence-corrected chi connectivity index (χ4v) is 21.9. The lowest BCUT2D eigenvalue weighted by atomic mass is 10.2. The molecule has 0 amide bonds. The van der Waals surface area contributed by atoms with Crippen molar-refractivity contribution in [3.63, 3.8) is 0 Å². The summed E-state index contributed by atoms with van der Waals surface area (Å²) in [5.41, 5.74) is 0.584. The maximum atomic E-state index is 12.2. The first kappa shape index (κ1) is 89.0. The number of hydrogen-bond acceptors (Lipinski definition) is 27. The van der Waals surface area contributed by atoms with Crippen molar-refractivity contribution in [1.82, 2.24) is 0 Å². The maximum absolute atomic E-state index is 12.2. The highest BCUT2D eigenvalue weighted by atomic mass is 32.1. The Balaban J connectivity index is 0.000000181. The molecule has 3 aromatic carbocycles. The summed E-state index contributed by atoms with van der Waals surface area (Å²) in [6, 6.07) is 25.6. The average molecular weight is 1720 g/mol. The summed E-state index contributed by atoms with van der Waals surface area (Å²) in [6.45, 7) is 46.8. The first-order valence-electron chi connectivity index (χ1n) is 34.0. The van der Waals surface area contributed by atoms with Crippen LogP contribution in [-0.2, 0) is 33.4 Å². The number of aromatic hydroxyl groups is 1. The number of nitrogens with zero attached hydrogens (tertiary/aromatic N) is 10. The lowest BCUT2D eigenvalue weighted by molar-refractivity contribution is -0.150. The number of benzene rings is 3. The molecule has 12 rings (SSSR count). The molecule has 9 aromatic heterocycles. The fourth-order valence-electron chi connectivity index (χ4n) is 10.5. The molecule has 0 saturated carbocycles. The average Bonchev–Trinajstić information content (AvgIpc) is 1.65. The SMILES string of the molecule is [C-]#[N+]/C(=C\c1cc2ccc(O)cc2s1)C(=O)OC.[C-]#[N+]/C(=C\c1cc2sc3cc(N(C)CCO)ccc3c2s1)C(=O)OC(C)(C)C.[C-]#[N+]/C(=C\c1sc2c(OC)c(N(C)C)sc2c1OC)C(=O)O.[C-]#[N+]/C(=C\c1sc2c(OC)c(N(C)C)sc2c1OC)C(=O)OC(C)(C)C.[C-]#[N+]/C(C#N)=C\c1cc2sc3cc(N(C)C)ccc3c2s1. The number of carbonyl (C=O) groups excluding carboxylic acids is 3. The molecule has 0 aliphatic heterocycles. The van der Waals surface area contributed by atoms with Crippen molar-refractivity contribution < 1.29 is 67.7 Å². The summed E-state index contributed by atoms with van der Waals surface area (Å²) in [4.78, 5) is 74.7. The first-order valence-corrected chi connectivity index (χ1v) is 41.4. The molecular weight excluding hydrogens is 1640 g/mol. The minimum absolute atomic E-state index is 0.0129. The molecule has 33 heteroatoms. The normalized spacial score (nSPS) is 11.7. The van der Waals surface area contributed by atoms with Crippen molar-refractivity contribution in [3.05, 3.63) is 183 Å². The van der Waals surface area contributed by atoms with Gasteiger partial charge in [0.1, 0.15) is 27.0 Å². The van der Waals surface area contributed by atoms with Crippen molar-refractivity contribution in [1.29, 1.82) is 5.26 Å². The number of aliphatic carboxylic acids is 1. The molecule has 0 atom stereocenters. The molecule has 3 N–H and O–H groups in total. The molecule has 0 aliphatic carbocycles. The van der Waals surface area contributed by atoms with Gasteiger partial charge in [0.05, 0.1) is 119 Å². The Morgan fingerprint density at radius 3 is 1.30 bits per heavy atom. The number of carboxylic acid groups (broad SMARTS) is 1. The van der Waals surface area contributed by atoms with E-state index in [1.165, 1.54) is 108 Å². The molecule has 12 aromatic rings. The van der Waals surface area contributed by atoms with Crippen molar-refractivity contribution in [2.45, 2.75) is 52.7 Å². The number of anilines is 4. The molecule has 594 valence electrons. The van der Waals surface area contributed by atoms with Gasteiger partial charge in [0.2, 0.25) is 0 Å². The number of rotatable bonds is 19. The Labute approximate surface area is 700 Å². The van der Waals surface area contributed by atoms with Gasteiger partial charge < -0.3 is 68.1 Å². The number of esters is 3. The summed E-state index contributed by atoms with van der Waals surface area (Å²) < 4.78 is 48.8. The molecule has 0 bridgehead atoms. The van der Waals surface area contributed by atoms with E-state index in [9.17, 15) is 24.3 Å². The first-order chi connectivity index (χ1) is 54.5. The number of carbonyl (C=O) groups is 4. The Morgan fingerprint density at radius 1 is 0.461 bits per heavy atom. The number of likely N-dealkylation sites (N-methyl/N-ethyl adjacent to an activating group) is 1. The summed E-state index contributed by atoms with van der Waals surface area (Å²) in [5.74, 6) is -0.261. The second kappa shape index (κ2) is 39.0. The minimum atomic E-state index is -1.25. The van der Waals surface area contributed by atoms with E-state index in [1.807, 2.05) is 88.3 Å². The number of nitriles is 1. The third-order valence-corrected chi connectivity index (χ3v) is 26.6. The number of phenols is 1. The van der Waals surface area contributed by atoms with E-state index in [4.69, 9.17) is 76.8 Å². The van der Waals surface area contributed by atoms with Crippen LogP contribution in [0.2, 0.25) is 0 Å². The zero-order chi connectivity index (χ0) is 84.7. The van der Waals surface area contributed by atoms with Crippen LogP contribution >= 0.6 is 102 Å². The lowest BCUT2D eigenvalue weighted by Gasteiger charge is -2.19. The van der Waals surface area contributed by atoms with Gasteiger partial charge in [-0.1, -0.05) is 12.1 Å². The molecule has 0 spiro atoms. The van der Waals surface area contributed by atoms with Crippen molar-refractivity contribution in [2.75, 3.05) is 118 Å². The number of methoxy groups -OCH3 is 5. The van der Waals surface area contributed by atoms with Crippen LogP contribution in [0.1, 0.15) is 65.9 Å². The van der Waals surface area contributed by atoms with Gasteiger partial charge in [0.15, 0.2) is 23.0 Å². The Morgan fingerprint density at radius 2 is 0.887 bits per heavy atom. The number of ether oxygens (including phenoxy) is 7. The van der Waals surface area contributed by atoms with Crippen molar-refractivity contribution in [3.8, 4) is 34.8 Å². The lowest BCUT2D eigenvalue weighted by Crippen LogP contribution is -2.24. The highest BCUT2D eigenvalue weighted by molar-refractivity contribution is 7.34. The summed E-state index contributed by atoms with van der Waals surface area (Å²) in [6.07, 6.45) is 7.60. The van der Waals surface area contributed by atoms with Crippen molar-refractivity contribution in [2.24, 2.45) is 0 Å². The molecule has 9 heterocycles. The standard InChI is InChI=1S/C21H22N2O3S2.C18H22N2O4S2.C16H11N3S2.C14H14N2O4S2.C13H9NO3S/c1-21(2,3)26-20(25)16(22-4)11-14-12-18-19(27-14)15-7-6-13(10-17(15)28-18)23(5)8-9-24;1-18(2,3)24-17(21)10(19-4)9-11-12(22-7)14-15(25-11)13(23-8)16(26-14)20(5)6;1-18-10(9-17)6-12-8-15-16(20-12)13-5-4-11(19(2)3)7-14(13)21-15;1-15-7(14(17)18)6-8-9(19-4)11-12(21-8)10(20-5)13(22-11)16(2)3;1-14-11(13(16)17-2)7-10-5-8-3-4-9(15)6-12(8)18-10/h6-7,10-12,24H,8-9H2,1-3,5H3;9H,1-3,5-8H3;4-8H,2-3H3;6H,2-5H3,(H,17,18);3-7,15H,2H3/b16-11-;10-9-;10-6-;7-6-;11-7-. The van der Waals surface area contributed by atoms with E-state index in [1.54, 1.807) is 150 Å². The highest BCUT2D eigenvalue weighted by Crippen LogP contribution is 2.55. The number of allylic oxidation sites excluding steroid dienone is 1. The van der Waals surface area contributed by atoms with Crippen LogP contribution in [0.5, 0.6) is 28.7 Å². The monoisotopic (exact) mass is 1710 g/mol. The number of fused-ring (bicyclic) bond motifs is 9. The molecule has 0 radical (unpaired) electrons. The summed E-state index contributed by atoms with van der Waals surface area (Å²) in [5, 5.41) is 41.6. The topological polar surface area (TPSA) is 252 Å². The number of aliphatic hydroxyl groups excluding tert-OH is 1. The van der Waals surface area contributed by atoms with E-state index >= 15 is 0 Å². The fraction of sp³-hybridized carbons (Fsp3) is 0.268. The summed E-state index contributed by atoms with van der Waals surface area (Å²) in [7, 11) is 21.3. The van der Waals surface area contributed by atoms with E-state index < -0.39 is 35.1 Å². The number of phenolic OH excluding ortho intramolecular Hbond substituents is 1. The van der Waals surface area contributed by atoms with Crippen LogP contribution < -0.4 is 38.5 Å². The molecule has 0 saturated heterocycles. The van der Waals surface area contributed by atoms with E-state index in [-0.39, 0.29) is 40.8 Å². The zero-order valence-corrected chi connectivity index (χ0v) is 73.1. The highest BCUT2D eigenvalue weighted by Gasteiger charge is 2.28. The second-order valence-corrected chi connectivity index (χ2v) is 36.3. The molecular formula is C82H78N10O14S9. The van der Waals surface area contributed by atoms with Gasteiger partial charge in [0.25, 0.3) is 28.5 Å².